The molecule has 1 N–H and O–H groups in total. The van der Waals surface area contributed by atoms with Crippen molar-refractivity contribution in [1.29, 1.82) is 0 Å². The number of carboxylic acid groups (broad SMARTS) is 1. The molecule has 1 unspecified atom stereocenters. The van der Waals surface area contributed by atoms with E-state index in [4.69, 9.17) is 9.84 Å². The molecule has 1 amide bonds. The molecule has 1 aliphatic heterocycles. The third-order valence-electron chi connectivity index (χ3n) is 1.74. The van der Waals surface area contributed by atoms with Gasteiger partial charge in [0.1, 0.15) is 6.10 Å². The number of cyclic esters (lactones) is 1. The third-order valence-corrected chi connectivity index (χ3v) is 1.74. The molecule has 68 valence electrons. The summed E-state index contributed by atoms with van der Waals surface area (Å²) in [7, 11) is 1.63. The molecule has 5 nitrogen and oxygen atoms in total. The molecular formula is C7H11NO4. The first-order valence-corrected chi connectivity index (χ1v) is 3.73. The van der Waals surface area contributed by atoms with Crippen molar-refractivity contribution in [3.63, 3.8) is 0 Å². The second kappa shape index (κ2) is 3.42. The van der Waals surface area contributed by atoms with E-state index < -0.39 is 5.97 Å². The quantitative estimate of drug-likeness (QED) is 0.666. The number of carboxylic acids is 1. The minimum Gasteiger partial charge on any atom is -0.481 e. The van der Waals surface area contributed by atoms with Gasteiger partial charge in [0.15, 0.2) is 0 Å². The number of rotatable bonds is 3. The Kier molecular flexibility index (Phi) is 2.52. The maximum Gasteiger partial charge on any atom is 0.409 e. The summed E-state index contributed by atoms with van der Waals surface area (Å²) in [6.07, 6.45) is -0.180. The van der Waals surface area contributed by atoms with E-state index in [-0.39, 0.29) is 18.6 Å². The van der Waals surface area contributed by atoms with Gasteiger partial charge in [-0.3, -0.25) is 4.79 Å². The highest BCUT2D eigenvalue weighted by atomic mass is 16.6. The van der Waals surface area contributed by atoms with Crippen LogP contribution in [0.5, 0.6) is 0 Å². The number of carbonyl (C=O) groups is 2. The van der Waals surface area contributed by atoms with E-state index >= 15 is 0 Å². The molecule has 0 saturated carbocycles. The Bertz CT molecular complexity index is 204. The highest BCUT2D eigenvalue weighted by molar-refractivity contribution is 5.70. The van der Waals surface area contributed by atoms with Gasteiger partial charge in [-0.1, -0.05) is 0 Å². The molecule has 0 spiro atoms. The van der Waals surface area contributed by atoms with Crippen molar-refractivity contribution in [2.75, 3.05) is 13.6 Å². The summed E-state index contributed by atoms with van der Waals surface area (Å²) in [5.74, 6) is -0.861. The van der Waals surface area contributed by atoms with Gasteiger partial charge in [-0.15, -0.1) is 0 Å². The molecular weight excluding hydrogens is 162 g/mol. The highest BCUT2D eigenvalue weighted by Gasteiger charge is 2.28. The zero-order chi connectivity index (χ0) is 9.14. The fraction of sp³-hybridized carbons (Fsp3) is 0.714. The van der Waals surface area contributed by atoms with Crippen molar-refractivity contribution < 1.29 is 19.4 Å². The first kappa shape index (κ1) is 8.83. The number of amides is 1. The molecule has 1 atom stereocenters. The third kappa shape index (κ3) is 2.11. The van der Waals surface area contributed by atoms with Gasteiger partial charge in [-0.25, -0.2) is 4.79 Å². The Morgan fingerprint density at radius 1 is 1.83 bits per heavy atom. The lowest BCUT2D eigenvalue weighted by molar-refractivity contribution is -0.137. The average Bonchev–Trinajstić information content (AvgIpc) is 2.28. The van der Waals surface area contributed by atoms with Crippen LogP contribution in [0, 0.1) is 0 Å². The Hall–Kier alpha value is -1.26. The number of hydrogen-bond acceptors (Lipinski definition) is 3. The van der Waals surface area contributed by atoms with Crippen molar-refractivity contribution in [2.45, 2.75) is 18.9 Å². The molecule has 0 aromatic rings. The highest BCUT2D eigenvalue weighted by Crippen LogP contribution is 2.13. The lowest BCUT2D eigenvalue weighted by Gasteiger charge is -2.04. The molecule has 1 aliphatic rings. The summed E-state index contributed by atoms with van der Waals surface area (Å²) in [5, 5.41) is 8.35. The Labute approximate surface area is 69.9 Å². The molecule has 12 heavy (non-hydrogen) atoms. The van der Waals surface area contributed by atoms with E-state index in [0.29, 0.717) is 13.0 Å². The van der Waals surface area contributed by atoms with Crippen molar-refractivity contribution in [1.82, 2.24) is 4.90 Å². The summed E-state index contributed by atoms with van der Waals surface area (Å²) in [5.41, 5.74) is 0. The van der Waals surface area contributed by atoms with Crippen molar-refractivity contribution >= 4 is 12.1 Å². The maximum atomic E-state index is 10.8. The monoisotopic (exact) mass is 173 g/mol. The van der Waals surface area contributed by atoms with Gasteiger partial charge in [0, 0.05) is 13.5 Å². The minimum atomic E-state index is -0.861. The maximum absolute atomic E-state index is 10.8. The smallest absolute Gasteiger partial charge is 0.409 e. The molecule has 5 heteroatoms. The van der Waals surface area contributed by atoms with Crippen molar-refractivity contribution in [2.24, 2.45) is 0 Å². The lowest BCUT2D eigenvalue weighted by Crippen LogP contribution is -2.19. The second-order valence-corrected chi connectivity index (χ2v) is 2.82. The number of aliphatic carboxylic acids is 1. The van der Waals surface area contributed by atoms with E-state index in [2.05, 4.69) is 0 Å². The van der Waals surface area contributed by atoms with Gasteiger partial charge in [0.25, 0.3) is 0 Å². The number of likely N-dealkylation sites (N-methyl/N-ethyl adjacent to an activating group) is 1. The summed E-state index contributed by atoms with van der Waals surface area (Å²) < 4.78 is 4.85. The van der Waals surface area contributed by atoms with Crippen LogP contribution >= 0.6 is 0 Å². The van der Waals surface area contributed by atoms with Crippen LogP contribution in [-0.4, -0.2) is 41.8 Å². The van der Waals surface area contributed by atoms with E-state index in [9.17, 15) is 9.59 Å². The fourth-order valence-electron chi connectivity index (χ4n) is 1.08. The SMILES string of the molecule is CN1CC(CCC(=O)O)OC1=O. The van der Waals surface area contributed by atoms with Crippen LogP contribution in [0.25, 0.3) is 0 Å². The molecule has 0 aromatic heterocycles. The molecule has 1 rings (SSSR count). The summed E-state index contributed by atoms with van der Waals surface area (Å²) in [6.45, 7) is 0.492. The first-order valence-electron chi connectivity index (χ1n) is 3.73. The zero-order valence-electron chi connectivity index (χ0n) is 6.82. The molecule has 0 bridgehead atoms. The first-order chi connectivity index (χ1) is 5.59. The van der Waals surface area contributed by atoms with E-state index in [0.717, 1.165) is 0 Å². The van der Waals surface area contributed by atoms with Gasteiger partial charge in [-0.2, -0.15) is 0 Å². The Morgan fingerprint density at radius 3 is 2.92 bits per heavy atom. The van der Waals surface area contributed by atoms with E-state index in [1.54, 1.807) is 7.05 Å². The molecule has 1 saturated heterocycles. The molecule has 1 heterocycles. The number of ether oxygens (including phenoxy) is 1. The Morgan fingerprint density at radius 2 is 2.50 bits per heavy atom. The van der Waals surface area contributed by atoms with Gasteiger partial charge >= 0.3 is 12.1 Å². The van der Waals surface area contributed by atoms with Crippen molar-refractivity contribution in [3.05, 3.63) is 0 Å². The van der Waals surface area contributed by atoms with Gasteiger partial charge in [-0.05, 0) is 6.42 Å². The van der Waals surface area contributed by atoms with Crippen LogP contribution in [0.4, 0.5) is 4.79 Å². The summed E-state index contributed by atoms with van der Waals surface area (Å²) in [6, 6.07) is 0. The second-order valence-electron chi connectivity index (χ2n) is 2.82. The number of carbonyl (C=O) groups excluding carboxylic acids is 1. The van der Waals surface area contributed by atoms with Crippen LogP contribution in [0.3, 0.4) is 0 Å². The number of hydrogen-bond donors (Lipinski definition) is 1. The summed E-state index contributed by atoms with van der Waals surface area (Å²) in [4.78, 5) is 22.4. The standard InChI is InChI=1S/C7H11NO4/c1-8-4-5(12-7(8)11)2-3-6(9)10/h5H,2-4H2,1H3,(H,9,10). The zero-order valence-corrected chi connectivity index (χ0v) is 6.82. The van der Waals surface area contributed by atoms with Crippen LogP contribution < -0.4 is 0 Å². The van der Waals surface area contributed by atoms with Crippen LogP contribution in [-0.2, 0) is 9.53 Å². The van der Waals surface area contributed by atoms with Gasteiger partial charge in [0.2, 0.25) is 0 Å². The minimum absolute atomic E-state index is 0.0474. The topological polar surface area (TPSA) is 66.8 Å². The molecule has 0 aromatic carbocycles. The van der Waals surface area contributed by atoms with E-state index in [1.807, 2.05) is 0 Å². The predicted octanol–water partition coefficient (Wildman–Crippen LogP) is 0.302. The van der Waals surface area contributed by atoms with Crippen LogP contribution in [0.2, 0.25) is 0 Å². The van der Waals surface area contributed by atoms with Crippen LogP contribution in [0.15, 0.2) is 0 Å². The molecule has 1 fully saturated rings. The normalized spacial score (nSPS) is 22.6. The van der Waals surface area contributed by atoms with Gasteiger partial charge in [0.05, 0.1) is 6.54 Å². The number of nitrogens with zero attached hydrogens (tertiary/aromatic N) is 1. The predicted molar refractivity (Wildman–Crippen MR) is 39.8 cm³/mol. The molecule has 0 aliphatic carbocycles. The van der Waals surface area contributed by atoms with Crippen LogP contribution in [0.1, 0.15) is 12.8 Å². The largest absolute Gasteiger partial charge is 0.481 e. The van der Waals surface area contributed by atoms with Crippen molar-refractivity contribution in [3.8, 4) is 0 Å². The average molecular weight is 173 g/mol. The Balaban J connectivity index is 2.28. The van der Waals surface area contributed by atoms with E-state index in [1.165, 1.54) is 4.90 Å². The molecule has 0 radical (unpaired) electrons. The lowest BCUT2D eigenvalue weighted by atomic mass is 10.2. The fourth-order valence-corrected chi connectivity index (χ4v) is 1.08. The van der Waals surface area contributed by atoms with Gasteiger partial charge < -0.3 is 14.7 Å². The summed E-state index contributed by atoms with van der Waals surface area (Å²) >= 11 is 0.